The summed E-state index contributed by atoms with van der Waals surface area (Å²) in [5.74, 6) is 0.651. The minimum absolute atomic E-state index is 0.326. The lowest BCUT2D eigenvalue weighted by molar-refractivity contribution is 0.0508. The molecule has 0 radical (unpaired) electrons. The molecule has 0 atom stereocenters. The van der Waals surface area contributed by atoms with Crippen LogP contribution < -0.4 is 9.47 Å². The lowest BCUT2D eigenvalue weighted by Gasteiger charge is -2.21. The van der Waals surface area contributed by atoms with Gasteiger partial charge in [-0.1, -0.05) is 36.4 Å². The smallest absolute Gasteiger partial charge is 0.406 e. The molecular formula is C13H13O5P. The van der Waals surface area contributed by atoms with Gasteiger partial charge in [0.25, 0.3) is 0 Å². The highest BCUT2D eigenvalue weighted by molar-refractivity contribution is 7.52. The molecule has 0 aliphatic carbocycles. The topological polar surface area (TPSA) is 76.0 Å². The Morgan fingerprint density at radius 2 is 1.16 bits per heavy atom. The predicted octanol–water partition coefficient (Wildman–Crippen LogP) is 2.61. The molecular weight excluding hydrogens is 267 g/mol. The highest BCUT2D eigenvalue weighted by atomic mass is 31.2. The van der Waals surface area contributed by atoms with Gasteiger partial charge in [0.1, 0.15) is 11.5 Å². The van der Waals surface area contributed by atoms with Crippen molar-refractivity contribution in [3.8, 4) is 11.5 Å². The van der Waals surface area contributed by atoms with Crippen LogP contribution in [0.15, 0.2) is 60.7 Å². The summed E-state index contributed by atoms with van der Waals surface area (Å²) >= 11 is 0. The van der Waals surface area contributed by atoms with Crippen LogP contribution in [0.4, 0.5) is 0 Å². The third-order valence-corrected chi connectivity index (χ3v) is 2.99. The first-order chi connectivity index (χ1) is 9.05. The molecule has 2 rings (SSSR count). The second-order valence-electron chi connectivity index (χ2n) is 3.76. The van der Waals surface area contributed by atoms with Crippen LogP contribution in [0.1, 0.15) is 0 Å². The summed E-state index contributed by atoms with van der Waals surface area (Å²) < 4.78 is 21.8. The third-order valence-electron chi connectivity index (χ3n) is 2.23. The van der Waals surface area contributed by atoms with Crippen LogP contribution in [0.3, 0.4) is 0 Å². The number of para-hydroxylation sites is 2. The van der Waals surface area contributed by atoms with E-state index in [0.717, 1.165) is 0 Å². The second-order valence-corrected chi connectivity index (χ2v) is 5.36. The predicted molar refractivity (Wildman–Crippen MR) is 70.0 cm³/mol. The second kappa shape index (κ2) is 5.89. The third kappa shape index (κ3) is 4.10. The van der Waals surface area contributed by atoms with Crippen molar-refractivity contribution >= 4 is 7.60 Å². The summed E-state index contributed by atoms with van der Waals surface area (Å²) in [6, 6.07) is 15.1. The molecule has 100 valence electrons. The molecule has 0 saturated carbocycles. The lowest BCUT2D eigenvalue weighted by Crippen LogP contribution is -2.24. The molecule has 5 nitrogen and oxygen atoms in total. The highest BCUT2D eigenvalue weighted by Crippen LogP contribution is 2.42. The Balaban J connectivity index is 2.16. The fourth-order valence-corrected chi connectivity index (χ4v) is 1.91. The normalized spacial score (nSPS) is 11.3. The van der Waals surface area contributed by atoms with E-state index in [0.29, 0.717) is 11.5 Å². The van der Waals surface area contributed by atoms with E-state index in [1.54, 1.807) is 60.7 Å². The summed E-state index contributed by atoms with van der Waals surface area (Å²) in [7, 11) is -4.55. The molecule has 19 heavy (non-hydrogen) atoms. The number of rotatable bonds is 5. The molecule has 0 aliphatic heterocycles. The summed E-state index contributed by atoms with van der Waals surface area (Å²) in [5, 5.41) is 0. The van der Waals surface area contributed by atoms with Gasteiger partial charge in [-0.3, -0.25) is 4.57 Å². The van der Waals surface area contributed by atoms with Gasteiger partial charge >= 0.3 is 13.6 Å². The van der Waals surface area contributed by atoms with Crippen LogP contribution in [-0.4, -0.2) is 15.8 Å². The largest absolute Gasteiger partial charge is 0.445 e. The van der Waals surface area contributed by atoms with E-state index in [4.69, 9.17) is 9.47 Å². The Kier molecular flexibility index (Phi) is 4.22. The fourth-order valence-electron chi connectivity index (χ4n) is 1.39. The molecule has 0 aliphatic rings. The maximum absolute atomic E-state index is 11.4. The Morgan fingerprint density at radius 3 is 1.47 bits per heavy atom. The van der Waals surface area contributed by atoms with Gasteiger partial charge in [0.05, 0.1) is 0 Å². The van der Waals surface area contributed by atoms with Gasteiger partial charge in [-0.25, -0.2) is 0 Å². The van der Waals surface area contributed by atoms with E-state index >= 15 is 0 Å². The van der Waals surface area contributed by atoms with Gasteiger partial charge in [0.15, 0.2) is 0 Å². The Morgan fingerprint density at radius 1 is 0.789 bits per heavy atom. The molecule has 0 heterocycles. The van der Waals surface area contributed by atoms with Gasteiger partial charge in [-0.15, -0.1) is 0 Å². The van der Waals surface area contributed by atoms with Crippen molar-refractivity contribution in [3.05, 3.63) is 60.7 Å². The molecule has 0 aromatic heterocycles. The Labute approximate surface area is 110 Å². The molecule has 0 spiro atoms. The first-order valence-electron chi connectivity index (χ1n) is 5.54. The maximum Gasteiger partial charge on any atom is 0.406 e. The molecule has 0 saturated heterocycles. The molecule has 6 heteroatoms. The molecule has 0 fully saturated rings. The van der Waals surface area contributed by atoms with Gasteiger partial charge in [0.2, 0.25) is 0 Å². The minimum atomic E-state index is -4.55. The lowest BCUT2D eigenvalue weighted by atomic mass is 10.3. The number of hydrogen-bond donors (Lipinski definition) is 2. The molecule has 0 unspecified atom stereocenters. The van der Waals surface area contributed by atoms with E-state index in [1.165, 1.54) is 0 Å². The van der Waals surface area contributed by atoms with E-state index in [9.17, 15) is 14.4 Å². The zero-order chi connectivity index (χ0) is 13.7. The monoisotopic (exact) mass is 280 g/mol. The van der Waals surface area contributed by atoms with E-state index in [2.05, 4.69) is 0 Å². The molecule has 2 N–H and O–H groups in total. The van der Waals surface area contributed by atoms with Crippen LogP contribution in [0, 0.1) is 0 Å². The van der Waals surface area contributed by atoms with E-state index in [1.807, 2.05) is 0 Å². The van der Waals surface area contributed by atoms with Gasteiger partial charge in [-0.2, -0.15) is 0 Å². The summed E-state index contributed by atoms with van der Waals surface area (Å²) in [5.41, 5.74) is 0. The van der Waals surface area contributed by atoms with Crippen molar-refractivity contribution in [1.29, 1.82) is 0 Å². The van der Waals surface area contributed by atoms with Gasteiger partial charge in [0, 0.05) is 0 Å². The van der Waals surface area contributed by atoms with Crippen LogP contribution >= 0.6 is 7.60 Å². The highest BCUT2D eigenvalue weighted by Gasteiger charge is 2.33. The first-order valence-corrected chi connectivity index (χ1v) is 7.22. The van der Waals surface area contributed by atoms with Crippen LogP contribution in [0.25, 0.3) is 0 Å². The molecule has 2 aromatic rings. The van der Waals surface area contributed by atoms with Crippen molar-refractivity contribution in [1.82, 2.24) is 0 Å². The minimum Gasteiger partial charge on any atom is -0.445 e. The fraction of sp³-hybridized carbons (Fsp3) is 0.0769. The first kappa shape index (κ1) is 13.6. The van der Waals surface area contributed by atoms with Crippen LogP contribution in [0.2, 0.25) is 0 Å². The maximum atomic E-state index is 11.4. The number of benzene rings is 2. The summed E-state index contributed by atoms with van der Waals surface area (Å²) in [6.07, 6.45) is 0. The zero-order valence-electron chi connectivity index (χ0n) is 9.92. The van der Waals surface area contributed by atoms with Crippen molar-refractivity contribution in [2.24, 2.45) is 0 Å². The Hall–Kier alpha value is -1.81. The summed E-state index contributed by atoms with van der Waals surface area (Å²) in [6.45, 7) is 0. The molecule has 0 amide bonds. The average Bonchev–Trinajstić information content (AvgIpc) is 2.39. The molecule has 0 bridgehead atoms. The van der Waals surface area contributed by atoms with Crippen LogP contribution in [-0.2, 0) is 4.57 Å². The number of ether oxygens (including phenoxy) is 2. The summed E-state index contributed by atoms with van der Waals surface area (Å²) in [4.78, 5) is 18.5. The molecule has 2 aromatic carbocycles. The van der Waals surface area contributed by atoms with E-state index < -0.39 is 13.6 Å². The average molecular weight is 280 g/mol. The van der Waals surface area contributed by atoms with Crippen molar-refractivity contribution < 1.29 is 23.8 Å². The van der Waals surface area contributed by atoms with Crippen molar-refractivity contribution in [2.45, 2.75) is 6.03 Å². The number of hydrogen-bond acceptors (Lipinski definition) is 3. The van der Waals surface area contributed by atoms with Crippen molar-refractivity contribution in [2.75, 3.05) is 0 Å². The standard InChI is InChI=1S/C13H13O5P/c14-19(15,16)13(17-11-7-3-1-4-8-11)18-12-9-5-2-6-10-12/h1-10,13H,(H2,14,15,16). The van der Waals surface area contributed by atoms with Gasteiger partial charge < -0.3 is 19.3 Å². The Bertz CT molecular complexity index is 510. The van der Waals surface area contributed by atoms with Crippen molar-refractivity contribution in [3.63, 3.8) is 0 Å². The van der Waals surface area contributed by atoms with E-state index in [-0.39, 0.29) is 0 Å². The van der Waals surface area contributed by atoms with Gasteiger partial charge in [-0.05, 0) is 24.3 Å². The van der Waals surface area contributed by atoms with Crippen LogP contribution in [0.5, 0.6) is 11.5 Å². The SMILES string of the molecule is O=P(O)(O)C(Oc1ccccc1)Oc1ccccc1. The quantitative estimate of drug-likeness (QED) is 0.650. The zero-order valence-corrected chi connectivity index (χ0v) is 10.8.